The molecular formula is C7H10N2O. The lowest BCUT2D eigenvalue weighted by atomic mass is 10.3. The van der Waals surface area contributed by atoms with Gasteiger partial charge in [0.2, 0.25) is 5.91 Å². The molecule has 10 heavy (non-hydrogen) atoms. The van der Waals surface area contributed by atoms with Crippen LogP contribution in [0.2, 0.25) is 0 Å². The lowest BCUT2D eigenvalue weighted by Gasteiger charge is -2.12. The SMILES string of the molecule is C=C1CN2C(=O)CCC2N1. The van der Waals surface area contributed by atoms with E-state index in [-0.39, 0.29) is 12.1 Å². The Morgan fingerprint density at radius 3 is 3.20 bits per heavy atom. The van der Waals surface area contributed by atoms with Crippen LogP contribution in [0.1, 0.15) is 12.8 Å². The smallest absolute Gasteiger partial charge is 0.224 e. The number of hydrogen-bond acceptors (Lipinski definition) is 2. The van der Waals surface area contributed by atoms with E-state index in [1.807, 2.05) is 4.90 Å². The fourth-order valence-electron chi connectivity index (χ4n) is 1.57. The third kappa shape index (κ3) is 0.632. The van der Waals surface area contributed by atoms with E-state index in [1.165, 1.54) is 0 Å². The summed E-state index contributed by atoms with van der Waals surface area (Å²) < 4.78 is 0. The second-order valence-corrected chi connectivity index (χ2v) is 2.82. The van der Waals surface area contributed by atoms with Gasteiger partial charge in [0.1, 0.15) is 6.17 Å². The summed E-state index contributed by atoms with van der Waals surface area (Å²) in [7, 11) is 0. The average molecular weight is 138 g/mol. The van der Waals surface area contributed by atoms with Crippen LogP contribution in [0.15, 0.2) is 12.3 Å². The number of carbonyl (C=O) groups excluding carboxylic acids is 1. The summed E-state index contributed by atoms with van der Waals surface area (Å²) in [5.41, 5.74) is 0.970. The molecule has 1 amide bonds. The molecule has 3 nitrogen and oxygen atoms in total. The van der Waals surface area contributed by atoms with Crippen LogP contribution in [0.4, 0.5) is 0 Å². The summed E-state index contributed by atoms with van der Waals surface area (Å²) in [5.74, 6) is 0.260. The van der Waals surface area contributed by atoms with Gasteiger partial charge in [-0.1, -0.05) is 6.58 Å². The number of nitrogens with zero attached hydrogens (tertiary/aromatic N) is 1. The Hall–Kier alpha value is -0.990. The Bertz CT molecular complexity index is 200. The van der Waals surface area contributed by atoms with Gasteiger partial charge in [0, 0.05) is 12.1 Å². The van der Waals surface area contributed by atoms with Crippen molar-refractivity contribution in [1.82, 2.24) is 10.2 Å². The van der Waals surface area contributed by atoms with E-state index >= 15 is 0 Å². The van der Waals surface area contributed by atoms with E-state index in [0.29, 0.717) is 13.0 Å². The minimum Gasteiger partial charge on any atom is -0.367 e. The minimum absolute atomic E-state index is 0.260. The fourth-order valence-corrected chi connectivity index (χ4v) is 1.57. The molecule has 0 bridgehead atoms. The number of amides is 1. The molecule has 0 radical (unpaired) electrons. The number of nitrogens with one attached hydrogen (secondary N) is 1. The Morgan fingerprint density at radius 2 is 2.50 bits per heavy atom. The predicted octanol–water partition coefficient (Wildman–Crippen LogP) is 0.0518. The standard InChI is InChI=1S/C7H10N2O/c1-5-4-9-6(8-5)2-3-7(9)10/h6,8H,1-4H2. The number of carbonyl (C=O) groups is 1. The molecule has 0 aromatic rings. The summed E-state index contributed by atoms with van der Waals surface area (Å²) >= 11 is 0. The van der Waals surface area contributed by atoms with Crippen molar-refractivity contribution in [3.05, 3.63) is 12.3 Å². The lowest BCUT2D eigenvalue weighted by molar-refractivity contribution is -0.127. The van der Waals surface area contributed by atoms with Gasteiger partial charge in [-0.15, -0.1) is 0 Å². The van der Waals surface area contributed by atoms with Gasteiger partial charge in [-0.2, -0.15) is 0 Å². The van der Waals surface area contributed by atoms with E-state index in [4.69, 9.17) is 0 Å². The van der Waals surface area contributed by atoms with E-state index in [1.54, 1.807) is 0 Å². The Morgan fingerprint density at radius 1 is 1.70 bits per heavy atom. The molecule has 1 N–H and O–H groups in total. The second-order valence-electron chi connectivity index (χ2n) is 2.82. The largest absolute Gasteiger partial charge is 0.367 e. The number of rotatable bonds is 0. The zero-order valence-electron chi connectivity index (χ0n) is 5.76. The Kier molecular flexibility index (Phi) is 1.01. The maximum absolute atomic E-state index is 11.0. The summed E-state index contributed by atoms with van der Waals surface area (Å²) in [6.45, 7) is 4.48. The van der Waals surface area contributed by atoms with Crippen LogP contribution in [-0.4, -0.2) is 23.5 Å². The molecule has 2 aliphatic heterocycles. The zero-order valence-corrected chi connectivity index (χ0v) is 5.76. The van der Waals surface area contributed by atoms with Gasteiger partial charge < -0.3 is 10.2 Å². The van der Waals surface area contributed by atoms with Crippen LogP contribution >= 0.6 is 0 Å². The summed E-state index contributed by atoms with van der Waals surface area (Å²) in [5, 5.41) is 3.16. The van der Waals surface area contributed by atoms with Crippen LogP contribution in [0.5, 0.6) is 0 Å². The molecule has 1 unspecified atom stereocenters. The molecule has 0 aliphatic carbocycles. The van der Waals surface area contributed by atoms with Crippen LogP contribution in [0.3, 0.4) is 0 Å². The first kappa shape index (κ1) is 5.77. The zero-order chi connectivity index (χ0) is 7.14. The normalized spacial score (nSPS) is 30.8. The topological polar surface area (TPSA) is 32.3 Å². The van der Waals surface area contributed by atoms with E-state index in [9.17, 15) is 4.79 Å². The monoisotopic (exact) mass is 138 g/mol. The second kappa shape index (κ2) is 1.75. The van der Waals surface area contributed by atoms with Gasteiger partial charge in [-0.05, 0) is 6.42 Å². The van der Waals surface area contributed by atoms with Crippen molar-refractivity contribution < 1.29 is 4.79 Å². The molecule has 54 valence electrons. The summed E-state index contributed by atoms with van der Waals surface area (Å²) in [6, 6.07) is 0. The first-order chi connectivity index (χ1) is 4.77. The van der Waals surface area contributed by atoms with Gasteiger partial charge in [0.05, 0.1) is 6.54 Å². The van der Waals surface area contributed by atoms with Crippen LogP contribution in [0, 0.1) is 0 Å². The molecule has 0 aromatic heterocycles. The van der Waals surface area contributed by atoms with Gasteiger partial charge in [-0.3, -0.25) is 4.79 Å². The van der Waals surface area contributed by atoms with Crippen LogP contribution in [0.25, 0.3) is 0 Å². The molecule has 0 aromatic carbocycles. The van der Waals surface area contributed by atoms with Crippen molar-refractivity contribution in [2.75, 3.05) is 6.54 Å². The lowest BCUT2D eigenvalue weighted by Crippen LogP contribution is -2.31. The molecule has 0 spiro atoms. The van der Waals surface area contributed by atoms with Crippen LogP contribution in [-0.2, 0) is 4.79 Å². The van der Waals surface area contributed by atoms with Crippen molar-refractivity contribution in [2.24, 2.45) is 0 Å². The average Bonchev–Trinajstić information content (AvgIpc) is 2.35. The van der Waals surface area contributed by atoms with Crippen molar-refractivity contribution in [2.45, 2.75) is 19.0 Å². The molecule has 2 fully saturated rings. The summed E-state index contributed by atoms with van der Waals surface area (Å²) in [4.78, 5) is 12.9. The molecular weight excluding hydrogens is 128 g/mol. The Labute approximate surface area is 59.7 Å². The first-order valence-corrected chi connectivity index (χ1v) is 3.51. The molecule has 1 atom stereocenters. The quantitative estimate of drug-likeness (QED) is 0.513. The molecule has 2 rings (SSSR count). The highest BCUT2D eigenvalue weighted by Crippen LogP contribution is 2.22. The fraction of sp³-hybridized carbons (Fsp3) is 0.571. The maximum atomic E-state index is 11.0. The van der Waals surface area contributed by atoms with Gasteiger partial charge >= 0.3 is 0 Å². The molecule has 2 aliphatic rings. The van der Waals surface area contributed by atoms with Crippen molar-refractivity contribution in [3.8, 4) is 0 Å². The molecule has 2 heterocycles. The third-order valence-electron chi connectivity index (χ3n) is 2.06. The van der Waals surface area contributed by atoms with E-state index in [2.05, 4.69) is 11.9 Å². The van der Waals surface area contributed by atoms with Crippen LogP contribution < -0.4 is 5.32 Å². The van der Waals surface area contributed by atoms with Gasteiger partial charge in [0.25, 0.3) is 0 Å². The molecule has 3 heteroatoms. The van der Waals surface area contributed by atoms with Gasteiger partial charge in [0.15, 0.2) is 0 Å². The van der Waals surface area contributed by atoms with Gasteiger partial charge in [-0.25, -0.2) is 0 Å². The first-order valence-electron chi connectivity index (χ1n) is 3.51. The summed E-state index contributed by atoms with van der Waals surface area (Å²) in [6.07, 6.45) is 1.91. The Balaban J connectivity index is 2.19. The maximum Gasteiger partial charge on any atom is 0.224 e. The highest BCUT2D eigenvalue weighted by Gasteiger charge is 2.35. The minimum atomic E-state index is 0.260. The highest BCUT2D eigenvalue weighted by atomic mass is 16.2. The van der Waals surface area contributed by atoms with Crippen molar-refractivity contribution in [3.63, 3.8) is 0 Å². The molecule has 2 saturated heterocycles. The van der Waals surface area contributed by atoms with E-state index < -0.39 is 0 Å². The third-order valence-corrected chi connectivity index (χ3v) is 2.06. The van der Waals surface area contributed by atoms with Crippen molar-refractivity contribution >= 4 is 5.91 Å². The predicted molar refractivity (Wildman–Crippen MR) is 37.0 cm³/mol. The number of fused-ring (bicyclic) bond motifs is 1. The van der Waals surface area contributed by atoms with E-state index in [0.717, 1.165) is 12.1 Å². The molecule has 0 saturated carbocycles. The number of hydrogen-bond donors (Lipinski definition) is 1. The van der Waals surface area contributed by atoms with Crippen molar-refractivity contribution in [1.29, 1.82) is 0 Å². The highest BCUT2D eigenvalue weighted by molar-refractivity contribution is 5.79.